The highest BCUT2D eigenvalue weighted by Crippen LogP contribution is 2.35. The van der Waals surface area contributed by atoms with Crippen molar-refractivity contribution in [1.82, 2.24) is 9.80 Å². The van der Waals surface area contributed by atoms with Gasteiger partial charge in [-0.15, -0.1) is 0 Å². The van der Waals surface area contributed by atoms with Gasteiger partial charge in [-0.05, 0) is 46.7 Å². The maximum absolute atomic E-state index is 6.07. The summed E-state index contributed by atoms with van der Waals surface area (Å²) in [6.45, 7) is 7.88. The monoisotopic (exact) mass is 211 g/mol. The summed E-state index contributed by atoms with van der Waals surface area (Å²) >= 11 is 0. The minimum atomic E-state index is 0.268. The average Bonchev–Trinajstić information content (AvgIpc) is 2.73. The second kappa shape index (κ2) is 4.04. The van der Waals surface area contributed by atoms with Crippen LogP contribution in [0.5, 0.6) is 0 Å². The lowest BCUT2D eigenvalue weighted by Crippen LogP contribution is -2.56. The third-order valence-electron chi connectivity index (χ3n) is 4.51. The number of nitrogens with two attached hydrogens (primary N) is 1. The average molecular weight is 211 g/mol. The van der Waals surface area contributed by atoms with E-state index in [-0.39, 0.29) is 5.54 Å². The highest BCUT2D eigenvalue weighted by atomic mass is 15.3. The standard InChI is InChI=1S/C12H25N3/c1-10-5-4-6-15(10)12(8-13)7-11(2)14(3)9-12/h10-11H,4-9,13H2,1-3H3. The number of hydrogen-bond donors (Lipinski definition) is 1. The van der Waals surface area contributed by atoms with E-state index in [1.165, 1.54) is 25.8 Å². The van der Waals surface area contributed by atoms with E-state index in [2.05, 4.69) is 30.7 Å². The van der Waals surface area contributed by atoms with Gasteiger partial charge in [-0.25, -0.2) is 0 Å². The van der Waals surface area contributed by atoms with Gasteiger partial charge in [-0.1, -0.05) is 0 Å². The molecule has 0 spiro atoms. The van der Waals surface area contributed by atoms with Crippen molar-refractivity contribution in [3.63, 3.8) is 0 Å². The van der Waals surface area contributed by atoms with Crippen molar-refractivity contribution in [2.75, 3.05) is 26.7 Å². The maximum atomic E-state index is 6.07. The molecule has 0 amide bonds. The van der Waals surface area contributed by atoms with E-state index in [9.17, 15) is 0 Å². The molecule has 2 aliphatic rings. The Hall–Kier alpha value is -0.120. The molecule has 0 aromatic rings. The van der Waals surface area contributed by atoms with E-state index in [1.54, 1.807) is 0 Å². The Kier molecular flexibility index (Phi) is 3.06. The number of likely N-dealkylation sites (tertiary alicyclic amines) is 2. The number of rotatable bonds is 2. The molecule has 0 bridgehead atoms. The molecule has 2 heterocycles. The molecule has 0 saturated carbocycles. The molecule has 2 N–H and O–H groups in total. The maximum Gasteiger partial charge on any atom is 0.0475 e. The molecule has 3 unspecified atom stereocenters. The van der Waals surface area contributed by atoms with Crippen LogP contribution >= 0.6 is 0 Å². The molecular weight excluding hydrogens is 186 g/mol. The van der Waals surface area contributed by atoms with Crippen molar-refractivity contribution < 1.29 is 0 Å². The summed E-state index contributed by atoms with van der Waals surface area (Å²) in [4.78, 5) is 5.13. The van der Waals surface area contributed by atoms with Crippen LogP contribution in [0.2, 0.25) is 0 Å². The highest BCUT2D eigenvalue weighted by molar-refractivity contribution is 5.04. The van der Waals surface area contributed by atoms with Crippen molar-refractivity contribution >= 4 is 0 Å². The van der Waals surface area contributed by atoms with E-state index >= 15 is 0 Å². The zero-order chi connectivity index (χ0) is 11.1. The summed E-state index contributed by atoms with van der Waals surface area (Å²) in [5.74, 6) is 0. The van der Waals surface area contributed by atoms with Gasteiger partial charge in [0.15, 0.2) is 0 Å². The molecule has 88 valence electrons. The molecule has 0 aromatic carbocycles. The van der Waals surface area contributed by atoms with E-state index in [0.717, 1.165) is 19.1 Å². The summed E-state index contributed by atoms with van der Waals surface area (Å²) in [6, 6.07) is 1.41. The zero-order valence-corrected chi connectivity index (χ0v) is 10.4. The number of hydrogen-bond acceptors (Lipinski definition) is 3. The van der Waals surface area contributed by atoms with Gasteiger partial charge in [0.05, 0.1) is 0 Å². The SMILES string of the molecule is CC1CC(CN)(N2CCCC2C)CN1C. The van der Waals surface area contributed by atoms with E-state index in [1.807, 2.05) is 0 Å². The lowest BCUT2D eigenvalue weighted by molar-refractivity contribution is 0.0951. The first-order valence-electron chi connectivity index (χ1n) is 6.26. The van der Waals surface area contributed by atoms with Crippen LogP contribution < -0.4 is 5.73 Å². The van der Waals surface area contributed by atoms with Gasteiger partial charge < -0.3 is 10.6 Å². The predicted octanol–water partition coefficient (Wildman–Crippen LogP) is 0.892. The molecule has 2 fully saturated rings. The summed E-state index contributed by atoms with van der Waals surface area (Å²) in [7, 11) is 2.23. The van der Waals surface area contributed by atoms with Crippen LogP contribution in [0.15, 0.2) is 0 Å². The largest absolute Gasteiger partial charge is 0.329 e. The van der Waals surface area contributed by atoms with Crippen LogP contribution in [0.3, 0.4) is 0 Å². The molecule has 15 heavy (non-hydrogen) atoms. The Balaban J connectivity index is 2.15. The molecule has 0 aliphatic carbocycles. The first kappa shape index (κ1) is 11.4. The fraction of sp³-hybridized carbons (Fsp3) is 1.00. The van der Waals surface area contributed by atoms with E-state index < -0.39 is 0 Å². The van der Waals surface area contributed by atoms with Crippen molar-refractivity contribution in [3.8, 4) is 0 Å². The van der Waals surface area contributed by atoms with Gasteiger partial charge in [-0.3, -0.25) is 4.90 Å². The Morgan fingerprint density at radius 2 is 2.07 bits per heavy atom. The minimum absolute atomic E-state index is 0.268. The highest BCUT2D eigenvalue weighted by Gasteiger charge is 2.46. The van der Waals surface area contributed by atoms with Crippen LogP contribution in [-0.4, -0.2) is 54.1 Å². The van der Waals surface area contributed by atoms with Crippen LogP contribution in [0.25, 0.3) is 0 Å². The number of likely N-dealkylation sites (N-methyl/N-ethyl adjacent to an activating group) is 1. The lowest BCUT2D eigenvalue weighted by Gasteiger charge is -2.40. The molecule has 3 nitrogen and oxygen atoms in total. The van der Waals surface area contributed by atoms with E-state index in [4.69, 9.17) is 5.73 Å². The topological polar surface area (TPSA) is 32.5 Å². The Morgan fingerprint density at radius 3 is 2.47 bits per heavy atom. The second-order valence-electron chi connectivity index (χ2n) is 5.58. The van der Waals surface area contributed by atoms with E-state index in [0.29, 0.717) is 6.04 Å². The summed E-state index contributed by atoms with van der Waals surface area (Å²) in [5.41, 5.74) is 6.33. The smallest absolute Gasteiger partial charge is 0.0475 e. The molecule has 2 rings (SSSR count). The first-order valence-corrected chi connectivity index (χ1v) is 6.26. The fourth-order valence-electron chi connectivity index (χ4n) is 3.50. The summed E-state index contributed by atoms with van der Waals surface area (Å²) in [5, 5.41) is 0. The van der Waals surface area contributed by atoms with Gasteiger partial charge in [0.2, 0.25) is 0 Å². The Morgan fingerprint density at radius 1 is 1.33 bits per heavy atom. The zero-order valence-electron chi connectivity index (χ0n) is 10.4. The van der Waals surface area contributed by atoms with Crippen LogP contribution in [-0.2, 0) is 0 Å². The van der Waals surface area contributed by atoms with Crippen molar-refractivity contribution in [2.45, 2.75) is 50.7 Å². The third kappa shape index (κ3) is 1.81. The van der Waals surface area contributed by atoms with Crippen LogP contribution in [0, 0.1) is 0 Å². The van der Waals surface area contributed by atoms with Gasteiger partial charge in [-0.2, -0.15) is 0 Å². The Labute approximate surface area is 93.6 Å². The third-order valence-corrected chi connectivity index (χ3v) is 4.51. The first-order chi connectivity index (χ1) is 7.09. The van der Waals surface area contributed by atoms with Gasteiger partial charge >= 0.3 is 0 Å². The molecule has 0 radical (unpaired) electrons. The lowest BCUT2D eigenvalue weighted by atomic mass is 9.93. The van der Waals surface area contributed by atoms with Crippen molar-refractivity contribution in [1.29, 1.82) is 0 Å². The second-order valence-corrected chi connectivity index (χ2v) is 5.58. The number of nitrogens with zero attached hydrogens (tertiary/aromatic N) is 2. The molecule has 0 aromatic heterocycles. The minimum Gasteiger partial charge on any atom is -0.329 e. The van der Waals surface area contributed by atoms with Crippen molar-refractivity contribution in [3.05, 3.63) is 0 Å². The molecule has 3 heteroatoms. The quantitative estimate of drug-likeness (QED) is 0.736. The van der Waals surface area contributed by atoms with Crippen molar-refractivity contribution in [2.24, 2.45) is 5.73 Å². The summed E-state index contributed by atoms with van der Waals surface area (Å²) in [6.07, 6.45) is 3.94. The van der Waals surface area contributed by atoms with Gasteiger partial charge in [0, 0.05) is 30.7 Å². The molecule has 3 atom stereocenters. The fourth-order valence-corrected chi connectivity index (χ4v) is 3.50. The molecular formula is C12H25N3. The van der Waals surface area contributed by atoms with Gasteiger partial charge in [0.1, 0.15) is 0 Å². The van der Waals surface area contributed by atoms with Crippen LogP contribution in [0.4, 0.5) is 0 Å². The molecule has 2 saturated heterocycles. The normalized spacial score (nSPS) is 44.0. The Bertz CT molecular complexity index is 219. The van der Waals surface area contributed by atoms with Gasteiger partial charge in [0.25, 0.3) is 0 Å². The molecule has 2 aliphatic heterocycles. The summed E-state index contributed by atoms with van der Waals surface area (Å²) < 4.78 is 0. The van der Waals surface area contributed by atoms with Crippen LogP contribution in [0.1, 0.15) is 33.1 Å². The predicted molar refractivity (Wildman–Crippen MR) is 63.9 cm³/mol.